The van der Waals surface area contributed by atoms with Crippen LogP contribution in [0.15, 0.2) is 18.2 Å². The average Bonchev–Trinajstić information content (AvgIpc) is 2.43. The van der Waals surface area contributed by atoms with Gasteiger partial charge in [0.15, 0.2) is 5.78 Å². The first-order chi connectivity index (χ1) is 9.69. The monoisotopic (exact) mass is 278 g/mol. The molecule has 0 amide bonds. The third kappa shape index (κ3) is 3.12. The van der Waals surface area contributed by atoms with Crippen LogP contribution in [0.5, 0.6) is 11.5 Å². The molecule has 0 radical (unpaired) electrons. The molecule has 0 bridgehead atoms. The fourth-order valence-corrected chi connectivity index (χ4v) is 2.70. The second-order valence-electron chi connectivity index (χ2n) is 5.08. The number of carbonyl (C=O) groups excluding carboxylic acids is 1. The van der Waals surface area contributed by atoms with Crippen LogP contribution in [0.25, 0.3) is 0 Å². The van der Waals surface area contributed by atoms with Gasteiger partial charge in [-0.1, -0.05) is 6.07 Å². The second kappa shape index (κ2) is 6.75. The van der Waals surface area contributed by atoms with Gasteiger partial charge >= 0.3 is 0 Å². The van der Waals surface area contributed by atoms with Gasteiger partial charge in [-0.25, -0.2) is 0 Å². The number of benzene rings is 1. The Balaban J connectivity index is 2.03. The van der Waals surface area contributed by atoms with E-state index in [1.54, 1.807) is 26.4 Å². The number of methoxy groups -OCH3 is 2. The van der Waals surface area contributed by atoms with Crippen LogP contribution in [-0.2, 0) is 4.74 Å². The van der Waals surface area contributed by atoms with E-state index in [1.165, 1.54) is 0 Å². The highest BCUT2D eigenvalue weighted by atomic mass is 16.5. The second-order valence-corrected chi connectivity index (χ2v) is 5.08. The first-order valence-electron chi connectivity index (χ1n) is 7.05. The number of ketones is 1. The molecule has 1 aromatic carbocycles. The van der Waals surface area contributed by atoms with Crippen molar-refractivity contribution in [2.24, 2.45) is 5.92 Å². The summed E-state index contributed by atoms with van der Waals surface area (Å²) in [7, 11) is 3.14. The van der Waals surface area contributed by atoms with Crippen LogP contribution in [0.4, 0.5) is 0 Å². The first kappa shape index (κ1) is 14.9. The quantitative estimate of drug-likeness (QED) is 0.719. The lowest BCUT2D eigenvalue weighted by Crippen LogP contribution is -2.32. The van der Waals surface area contributed by atoms with Gasteiger partial charge in [0, 0.05) is 13.0 Å². The van der Waals surface area contributed by atoms with Crippen molar-refractivity contribution in [2.75, 3.05) is 20.8 Å². The van der Waals surface area contributed by atoms with Crippen LogP contribution in [0.1, 0.15) is 36.5 Å². The minimum absolute atomic E-state index is 0.0826. The molecule has 0 spiro atoms. The van der Waals surface area contributed by atoms with E-state index in [4.69, 9.17) is 14.2 Å². The zero-order valence-corrected chi connectivity index (χ0v) is 12.3. The lowest BCUT2D eigenvalue weighted by molar-refractivity contribution is -0.0246. The highest BCUT2D eigenvalue weighted by Crippen LogP contribution is 2.36. The summed E-state index contributed by atoms with van der Waals surface area (Å²) in [6.07, 6.45) is 2.80. The van der Waals surface area contributed by atoms with Crippen molar-refractivity contribution in [1.82, 2.24) is 0 Å². The molecule has 110 valence electrons. The van der Waals surface area contributed by atoms with Gasteiger partial charge in [-0.2, -0.15) is 0 Å². The van der Waals surface area contributed by atoms with Gasteiger partial charge in [-0.3, -0.25) is 4.79 Å². The summed E-state index contributed by atoms with van der Waals surface area (Å²) in [5.74, 6) is 1.65. The molecular weight excluding hydrogens is 256 g/mol. The predicted molar refractivity (Wildman–Crippen MR) is 76.6 cm³/mol. The first-order valence-corrected chi connectivity index (χ1v) is 7.05. The summed E-state index contributed by atoms with van der Waals surface area (Å²) in [6, 6.07) is 5.40. The molecular formula is C16H22O4. The molecule has 1 aliphatic carbocycles. The van der Waals surface area contributed by atoms with Crippen molar-refractivity contribution in [1.29, 1.82) is 0 Å². The Labute approximate surface area is 120 Å². The molecule has 0 unspecified atom stereocenters. The normalized spacial score (nSPS) is 21.1. The van der Waals surface area contributed by atoms with E-state index in [-0.39, 0.29) is 5.78 Å². The van der Waals surface area contributed by atoms with Crippen molar-refractivity contribution in [3.63, 3.8) is 0 Å². The zero-order chi connectivity index (χ0) is 14.5. The molecule has 1 aliphatic rings. The Hall–Kier alpha value is -1.55. The smallest absolute Gasteiger partial charge is 0.170 e. The molecule has 0 aromatic heterocycles. The molecule has 1 aromatic rings. The summed E-state index contributed by atoms with van der Waals surface area (Å²) in [5, 5.41) is 0. The van der Waals surface area contributed by atoms with Gasteiger partial charge in [-0.15, -0.1) is 0 Å². The molecule has 4 nitrogen and oxygen atoms in total. The van der Waals surface area contributed by atoms with Gasteiger partial charge in [0.1, 0.15) is 17.1 Å². The molecule has 0 N–H and O–H groups in total. The van der Waals surface area contributed by atoms with Crippen molar-refractivity contribution in [2.45, 2.75) is 32.3 Å². The van der Waals surface area contributed by atoms with Crippen LogP contribution >= 0.6 is 0 Å². The summed E-state index contributed by atoms with van der Waals surface area (Å²) in [5.41, 5.74) is 0.553. The maximum atomic E-state index is 12.5. The SMILES string of the molecule is CCOC1CC(CC(=O)c2c(OC)cccc2OC)C1. The number of ether oxygens (including phenoxy) is 3. The highest BCUT2D eigenvalue weighted by Gasteiger charge is 2.32. The third-order valence-corrected chi connectivity index (χ3v) is 3.78. The lowest BCUT2D eigenvalue weighted by atomic mass is 9.78. The lowest BCUT2D eigenvalue weighted by Gasteiger charge is -2.34. The van der Waals surface area contributed by atoms with E-state index in [9.17, 15) is 4.79 Å². The topological polar surface area (TPSA) is 44.8 Å². The minimum Gasteiger partial charge on any atom is -0.496 e. The standard InChI is InChI=1S/C16H22O4/c1-4-20-12-8-11(9-12)10-13(17)16-14(18-2)6-5-7-15(16)19-3/h5-7,11-12H,4,8-10H2,1-3H3. The van der Waals surface area contributed by atoms with Crippen LogP contribution < -0.4 is 9.47 Å². The van der Waals surface area contributed by atoms with Crippen molar-refractivity contribution < 1.29 is 19.0 Å². The fraction of sp³-hybridized carbons (Fsp3) is 0.562. The third-order valence-electron chi connectivity index (χ3n) is 3.78. The Morgan fingerprint density at radius 2 is 1.80 bits per heavy atom. The van der Waals surface area contributed by atoms with Crippen molar-refractivity contribution in [3.05, 3.63) is 23.8 Å². The summed E-state index contributed by atoms with van der Waals surface area (Å²) in [4.78, 5) is 12.5. The summed E-state index contributed by atoms with van der Waals surface area (Å²) >= 11 is 0. The van der Waals surface area contributed by atoms with Crippen LogP contribution in [0.2, 0.25) is 0 Å². The fourth-order valence-electron chi connectivity index (χ4n) is 2.70. The Morgan fingerprint density at radius 1 is 1.20 bits per heavy atom. The van der Waals surface area contributed by atoms with Crippen LogP contribution in [0.3, 0.4) is 0 Å². The Kier molecular flexibility index (Phi) is 5.01. The zero-order valence-electron chi connectivity index (χ0n) is 12.3. The maximum absolute atomic E-state index is 12.5. The molecule has 2 rings (SSSR count). The molecule has 20 heavy (non-hydrogen) atoms. The van der Waals surface area contributed by atoms with E-state index >= 15 is 0 Å². The number of hydrogen-bond donors (Lipinski definition) is 0. The van der Waals surface area contributed by atoms with Crippen molar-refractivity contribution in [3.8, 4) is 11.5 Å². The van der Waals surface area contributed by atoms with E-state index in [0.717, 1.165) is 19.4 Å². The number of rotatable bonds is 7. The van der Waals surface area contributed by atoms with E-state index in [2.05, 4.69) is 0 Å². The molecule has 0 heterocycles. The Bertz CT molecular complexity index is 441. The summed E-state index contributed by atoms with van der Waals surface area (Å²) in [6.45, 7) is 2.74. The average molecular weight is 278 g/mol. The van der Waals surface area contributed by atoms with E-state index in [0.29, 0.717) is 35.5 Å². The van der Waals surface area contributed by atoms with Gasteiger partial charge in [0.2, 0.25) is 0 Å². The molecule has 0 atom stereocenters. The van der Waals surface area contributed by atoms with Crippen LogP contribution in [-0.4, -0.2) is 32.7 Å². The van der Waals surface area contributed by atoms with Crippen LogP contribution in [0, 0.1) is 5.92 Å². The molecule has 0 aliphatic heterocycles. The molecule has 4 heteroatoms. The number of hydrogen-bond acceptors (Lipinski definition) is 4. The molecule has 0 saturated heterocycles. The summed E-state index contributed by atoms with van der Waals surface area (Å²) < 4.78 is 16.1. The largest absolute Gasteiger partial charge is 0.496 e. The maximum Gasteiger partial charge on any atom is 0.170 e. The van der Waals surface area contributed by atoms with E-state index < -0.39 is 0 Å². The number of Topliss-reactive ketones (excluding diaryl/α,β-unsaturated/α-hetero) is 1. The van der Waals surface area contributed by atoms with Gasteiger partial charge in [0.05, 0.1) is 20.3 Å². The molecule has 1 saturated carbocycles. The minimum atomic E-state index is 0.0826. The van der Waals surface area contributed by atoms with Crippen molar-refractivity contribution >= 4 is 5.78 Å². The Morgan fingerprint density at radius 3 is 2.30 bits per heavy atom. The van der Waals surface area contributed by atoms with Gasteiger partial charge in [0.25, 0.3) is 0 Å². The highest BCUT2D eigenvalue weighted by molar-refractivity contribution is 6.01. The molecule has 1 fully saturated rings. The van der Waals surface area contributed by atoms with E-state index in [1.807, 2.05) is 13.0 Å². The predicted octanol–water partition coefficient (Wildman–Crippen LogP) is 3.09. The number of carbonyl (C=O) groups is 1. The van der Waals surface area contributed by atoms with Gasteiger partial charge < -0.3 is 14.2 Å². The van der Waals surface area contributed by atoms with Gasteiger partial charge in [-0.05, 0) is 37.8 Å².